The first-order valence-corrected chi connectivity index (χ1v) is 8.35. The lowest BCUT2D eigenvalue weighted by atomic mass is 10.1. The summed E-state index contributed by atoms with van der Waals surface area (Å²) < 4.78 is 14.4. The maximum Gasteiger partial charge on any atom is 0.253 e. The zero-order valence-electron chi connectivity index (χ0n) is 14.1. The number of halogens is 1. The van der Waals surface area contributed by atoms with E-state index < -0.39 is 6.10 Å². The fraction of sp³-hybridized carbons (Fsp3) is 0.368. The van der Waals surface area contributed by atoms with Crippen molar-refractivity contribution in [1.29, 1.82) is 0 Å². The van der Waals surface area contributed by atoms with E-state index in [-0.39, 0.29) is 36.4 Å². The molecule has 25 heavy (non-hydrogen) atoms. The van der Waals surface area contributed by atoms with Crippen LogP contribution in [0.3, 0.4) is 0 Å². The molecular weight excluding hydrogens is 323 g/mol. The van der Waals surface area contributed by atoms with Gasteiger partial charge >= 0.3 is 0 Å². The van der Waals surface area contributed by atoms with Gasteiger partial charge < -0.3 is 14.6 Å². The number of benzene rings is 1. The second kappa shape index (κ2) is 7.19. The first-order chi connectivity index (χ1) is 12.0. The standard InChI is InChI=1S/C19H21FN2O3/c1-13-3-2-10-21(19(13)25)12-18(24)22(16-8-9-16)11-17(23)14-4-6-15(20)7-5-14/h2-7,10,16-17,23H,8-9,11-12H2,1H3. The molecule has 1 atom stereocenters. The Morgan fingerprint density at radius 3 is 2.64 bits per heavy atom. The Kier molecular flexibility index (Phi) is 4.99. The van der Waals surface area contributed by atoms with Crippen LogP contribution in [0, 0.1) is 12.7 Å². The number of pyridine rings is 1. The molecule has 0 saturated heterocycles. The summed E-state index contributed by atoms with van der Waals surface area (Å²) in [6.45, 7) is 1.79. The molecule has 1 fully saturated rings. The molecular formula is C19H21FN2O3. The minimum absolute atomic E-state index is 0.0485. The van der Waals surface area contributed by atoms with Gasteiger partial charge in [0.25, 0.3) is 5.56 Å². The second-order valence-electron chi connectivity index (χ2n) is 6.47. The molecule has 1 aromatic carbocycles. The molecule has 1 amide bonds. The van der Waals surface area contributed by atoms with Crippen molar-refractivity contribution in [2.45, 2.75) is 38.5 Å². The first kappa shape index (κ1) is 17.4. The van der Waals surface area contributed by atoms with E-state index in [0.717, 1.165) is 12.8 Å². The molecule has 132 valence electrons. The molecule has 1 aromatic heterocycles. The van der Waals surface area contributed by atoms with Gasteiger partial charge in [-0.3, -0.25) is 9.59 Å². The number of amides is 1. The van der Waals surface area contributed by atoms with Gasteiger partial charge in [-0.25, -0.2) is 4.39 Å². The van der Waals surface area contributed by atoms with Gasteiger partial charge in [-0.15, -0.1) is 0 Å². The molecule has 3 rings (SSSR count). The Labute approximate surface area is 145 Å². The van der Waals surface area contributed by atoms with Crippen molar-refractivity contribution in [3.8, 4) is 0 Å². The van der Waals surface area contributed by atoms with E-state index in [1.54, 1.807) is 30.2 Å². The summed E-state index contributed by atoms with van der Waals surface area (Å²) in [6.07, 6.45) is 2.49. The van der Waals surface area contributed by atoms with E-state index in [4.69, 9.17) is 0 Å². The van der Waals surface area contributed by atoms with Crippen molar-refractivity contribution in [2.75, 3.05) is 6.54 Å². The summed E-state index contributed by atoms with van der Waals surface area (Å²) >= 11 is 0. The smallest absolute Gasteiger partial charge is 0.253 e. The monoisotopic (exact) mass is 344 g/mol. The van der Waals surface area contributed by atoms with E-state index in [9.17, 15) is 19.1 Å². The highest BCUT2D eigenvalue weighted by molar-refractivity contribution is 5.76. The van der Waals surface area contributed by atoms with Crippen LogP contribution in [-0.2, 0) is 11.3 Å². The molecule has 0 spiro atoms. The van der Waals surface area contributed by atoms with Gasteiger partial charge in [0.1, 0.15) is 12.4 Å². The summed E-state index contributed by atoms with van der Waals surface area (Å²) in [5.41, 5.74) is 0.956. The van der Waals surface area contributed by atoms with Crippen molar-refractivity contribution in [3.05, 3.63) is 69.9 Å². The van der Waals surface area contributed by atoms with E-state index in [0.29, 0.717) is 11.1 Å². The van der Waals surface area contributed by atoms with Crippen molar-refractivity contribution in [1.82, 2.24) is 9.47 Å². The second-order valence-corrected chi connectivity index (χ2v) is 6.47. The van der Waals surface area contributed by atoms with E-state index in [1.165, 1.54) is 28.8 Å². The summed E-state index contributed by atoms with van der Waals surface area (Å²) in [7, 11) is 0. The average Bonchev–Trinajstić information content (AvgIpc) is 3.42. The molecule has 1 unspecified atom stereocenters. The van der Waals surface area contributed by atoms with Crippen molar-refractivity contribution in [3.63, 3.8) is 0 Å². The highest BCUT2D eigenvalue weighted by Crippen LogP contribution is 2.29. The summed E-state index contributed by atoms with van der Waals surface area (Å²) in [5.74, 6) is -0.568. The number of aryl methyl sites for hydroxylation is 1. The molecule has 0 aliphatic heterocycles. The number of aliphatic hydroxyl groups excluding tert-OH is 1. The lowest BCUT2D eigenvalue weighted by molar-refractivity contribution is -0.134. The number of nitrogens with zero attached hydrogens (tertiary/aromatic N) is 2. The highest BCUT2D eigenvalue weighted by Gasteiger charge is 2.34. The maximum absolute atomic E-state index is 13.0. The Morgan fingerprint density at radius 2 is 2.00 bits per heavy atom. The lowest BCUT2D eigenvalue weighted by Gasteiger charge is -2.26. The summed E-state index contributed by atoms with van der Waals surface area (Å²) in [6, 6.07) is 9.14. The van der Waals surface area contributed by atoms with Crippen LogP contribution < -0.4 is 5.56 Å². The van der Waals surface area contributed by atoms with Gasteiger partial charge in [-0.2, -0.15) is 0 Å². The lowest BCUT2D eigenvalue weighted by Crippen LogP contribution is -2.40. The van der Waals surface area contributed by atoms with Gasteiger partial charge in [-0.1, -0.05) is 18.2 Å². The molecule has 5 nitrogen and oxygen atoms in total. The minimum atomic E-state index is -0.889. The molecule has 0 bridgehead atoms. The summed E-state index contributed by atoms with van der Waals surface area (Å²) in [5, 5.41) is 10.4. The zero-order valence-corrected chi connectivity index (χ0v) is 14.1. The molecule has 6 heteroatoms. The number of hydrogen-bond donors (Lipinski definition) is 1. The van der Waals surface area contributed by atoms with Gasteiger partial charge in [0.15, 0.2) is 0 Å². The quantitative estimate of drug-likeness (QED) is 0.872. The van der Waals surface area contributed by atoms with Crippen LogP contribution in [0.1, 0.15) is 30.1 Å². The number of rotatable bonds is 6. The highest BCUT2D eigenvalue weighted by atomic mass is 19.1. The fourth-order valence-electron chi connectivity index (χ4n) is 2.84. The van der Waals surface area contributed by atoms with Crippen LogP contribution >= 0.6 is 0 Å². The zero-order chi connectivity index (χ0) is 18.0. The molecule has 1 heterocycles. The molecule has 1 N–H and O–H groups in total. The van der Waals surface area contributed by atoms with E-state index >= 15 is 0 Å². The predicted octanol–water partition coefficient (Wildman–Crippen LogP) is 2.02. The third-order valence-corrected chi connectivity index (χ3v) is 4.45. The van der Waals surface area contributed by atoms with Gasteiger partial charge in [0.2, 0.25) is 5.91 Å². The van der Waals surface area contributed by atoms with Crippen molar-refractivity contribution < 1.29 is 14.3 Å². The van der Waals surface area contributed by atoms with Crippen LogP contribution in [0.5, 0.6) is 0 Å². The van der Waals surface area contributed by atoms with E-state index in [1.807, 2.05) is 0 Å². The maximum atomic E-state index is 13.0. The Bertz CT molecular complexity index is 812. The number of aliphatic hydroxyl groups is 1. The van der Waals surface area contributed by atoms with Crippen LogP contribution in [0.2, 0.25) is 0 Å². The first-order valence-electron chi connectivity index (χ1n) is 8.35. The predicted molar refractivity (Wildman–Crippen MR) is 91.5 cm³/mol. The number of hydrogen-bond acceptors (Lipinski definition) is 3. The van der Waals surface area contributed by atoms with Crippen molar-refractivity contribution >= 4 is 5.91 Å². The van der Waals surface area contributed by atoms with Gasteiger partial charge in [0.05, 0.1) is 12.6 Å². The largest absolute Gasteiger partial charge is 0.387 e. The van der Waals surface area contributed by atoms with Crippen LogP contribution in [-0.4, -0.2) is 33.1 Å². The Balaban J connectivity index is 1.72. The van der Waals surface area contributed by atoms with Crippen molar-refractivity contribution in [2.24, 2.45) is 0 Å². The van der Waals surface area contributed by atoms with Gasteiger partial charge in [-0.05, 0) is 43.5 Å². The third kappa shape index (κ3) is 4.14. The molecule has 1 aliphatic carbocycles. The Morgan fingerprint density at radius 1 is 1.32 bits per heavy atom. The number of carbonyl (C=O) groups is 1. The minimum Gasteiger partial charge on any atom is -0.387 e. The number of aromatic nitrogens is 1. The van der Waals surface area contributed by atoms with Gasteiger partial charge in [0, 0.05) is 17.8 Å². The third-order valence-electron chi connectivity index (χ3n) is 4.45. The summed E-state index contributed by atoms with van der Waals surface area (Å²) in [4.78, 5) is 26.4. The molecule has 0 radical (unpaired) electrons. The topological polar surface area (TPSA) is 62.5 Å². The van der Waals surface area contributed by atoms with E-state index in [2.05, 4.69) is 0 Å². The molecule has 1 aliphatic rings. The van der Waals surface area contributed by atoms with Crippen LogP contribution in [0.25, 0.3) is 0 Å². The number of carbonyl (C=O) groups excluding carboxylic acids is 1. The van der Waals surface area contributed by atoms with Crippen LogP contribution in [0.4, 0.5) is 4.39 Å². The molecule has 2 aromatic rings. The Hall–Kier alpha value is -2.47. The normalized spacial score (nSPS) is 15.0. The SMILES string of the molecule is Cc1cccn(CC(=O)N(CC(O)c2ccc(F)cc2)C2CC2)c1=O. The average molecular weight is 344 g/mol. The molecule has 1 saturated carbocycles. The fourth-order valence-corrected chi connectivity index (χ4v) is 2.84. The van der Waals surface area contributed by atoms with Crippen LogP contribution in [0.15, 0.2) is 47.4 Å².